The summed E-state index contributed by atoms with van der Waals surface area (Å²) >= 11 is 2.08. The fraction of sp³-hybridized carbons (Fsp3) is 0.667. The number of carbonyl (C=O) groups excluding carboxylic acids is 2. The minimum absolute atomic E-state index is 0.143. The zero-order valence-corrected chi connectivity index (χ0v) is 17.2. The zero-order valence-electron chi connectivity index (χ0n) is 15.1. The third-order valence-electron chi connectivity index (χ3n) is 4.24. The van der Waals surface area contributed by atoms with Crippen LogP contribution < -0.4 is 0 Å². The van der Waals surface area contributed by atoms with Crippen LogP contribution in [0.2, 0.25) is 0 Å². The Morgan fingerprint density at radius 1 is 1.44 bits per heavy atom. The second-order valence-corrected chi connectivity index (χ2v) is 7.41. The van der Waals surface area contributed by atoms with Gasteiger partial charge in [-0.1, -0.05) is 35.6 Å². The summed E-state index contributed by atoms with van der Waals surface area (Å²) < 4.78 is 12.6. The lowest BCUT2D eigenvalue weighted by atomic mass is 9.89. The van der Waals surface area contributed by atoms with Crippen molar-refractivity contribution in [3.05, 3.63) is 21.8 Å². The Morgan fingerprint density at radius 2 is 2.08 bits per heavy atom. The molecule has 0 aliphatic carbocycles. The van der Waals surface area contributed by atoms with Crippen LogP contribution in [0.4, 0.5) is 0 Å². The highest BCUT2D eigenvalue weighted by atomic mass is 127. The molecule has 0 fully saturated rings. The van der Waals surface area contributed by atoms with Crippen molar-refractivity contribution in [3.63, 3.8) is 0 Å². The third kappa shape index (κ3) is 7.07. The first-order valence-electron chi connectivity index (χ1n) is 8.29. The standard InChI is InChI=1S/C18H27IO6/c1-11-5-6-15(24-13(3)20)18(4,23)8-7-14(21)9-16(22)25-17(11)12(2)10-19/h5-6,10-11,14-15,17,21,23H,7-9H2,1-4H3/b6-5+,12-10+/t11-,14+,15?,17-,18+/m0/s1. The second-order valence-electron chi connectivity index (χ2n) is 6.79. The Labute approximate surface area is 162 Å². The van der Waals surface area contributed by atoms with Gasteiger partial charge in [-0.3, -0.25) is 9.59 Å². The molecule has 0 amide bonds. The van der Waals surface area contributed by atoms with Crippen LogP contribution in [0.25, 0.3) is 0 Å². The molecule has 7 heteroatoms. The Bertz CT molecular complexity index is 540. The van der Waals surface area contributed by atoms with E-state index in [1.807, 2.05) is 17.9 Å². The van der Waals surface area contributed by atoms with E-state index in [4.69, 9.17) is 9.47 Å². The lowest BCUT2D eigenvalue weighted by Gasteiger charge is -2.32. The van der Waals surface area contributed by atoms with Crippen LogP contribution in [0.15, 0.2) is 21.8 Å². The highest BCUT2D eigenvalue weighted by molar-refractivity contribution is 14.1. The fourth-order valence-corrected chi connectivity index (χ4v) is 3.05. The summed E-state index contributed by atoms with van der Waals surface area (Å²) in [5.74, 6) is -1.17. The van der Waals surface area contributed by atoms with E-state index in [9.17, 15) is 19.8 Å². The van der Waals surface area contributed by atoms with Crippen molar-refractivity contribution >= 4 is 34.5 Å². The van der Waals surface area contributed by atoms with Crippen molar-refractivity contribution in [3.8, 4) is 0 Å². The number of esters is 2. The minimum Gasteiger partial charge on any atom is -0.457 e. The van der Waals surface area contributed by atoms with Crippen LogP contribution >= 0.6 is 22.6 Å². The summed E-state index contributed by atoms with van der Waals surface area (Å²) in [7, 11) is 0. The summed E-state index contributed by atoms with van der Waals surface area (Å²) in [4.78, 5) is 23.5. The highest BCUT2D eigenvalue weighted by Gasteiger charge is 2.34. The molecule has 0 spiro atoms. The van der Waals surface area contributed by atoms with Crippen molar-refractivity contribution in [1.82, 2.24) is 0 Å². The van der Waals surface area contributed by atoms with Gasteiger partial charge in [0.05, 0.1) is 12.5 Å². The predicted molar refractivity (Wildman–Crippen MR) is 102 cm³/mol. The van der Waals surface area contributed by atoms with E-state index in [1.165, 1.54) is 6.92 Å². The number of rotatable bonds is 2. The molecule has 1 rings (SSSR count). The zero-order chi connectivity index (χ0) is 19.2. The molecular formula is C18H27IO6. The van der Waals surface area contributed by atoms with Crippen molar-refractivity contribution in [2.45, 2.75) is 70.9 Å². The van der Waals surface area contributed by atoms with Crippen molar-refractivity contribution in [2.75, 3.05) is 0 Å². The maximum atomic E-state index is 12.1. The van der Waals surface area contributed by atoms with Gasteiger partial charge in [-0.05, 0) is 42.4 Å². The molecule has 0 saturated carbocycles. The van der Waals surface area contributed by atoms with Gasteiger partial charge in [0.1, 0.15) is 17.8 Å². The first-order chi connectivity index (χ1) is 11.6. The minimum atomic E-state index is -1.35. The fourth-order valence-electron chi connectivity index (χ4n) is 2.69. The van der Waals surface area contributed by atoms with E-state index in [0.717, 1.165) is 5.57 Å². The summed E-state index contributed by atoms with van der Waals surface area (Å²) in [5, 5.41) is 20.7. The smallest absolute Gasteiger partial charge is 0.309 e. The van der Waals surface area contributed by atoms with Gasteiger partial charge in [-0.15, -0.1) is 0 Å². The molecule has 0 saturated heterocycles. The number of aliphatic hydroxyl groups excluding tert-OH is 1. The molecule has 2 N–H and O–H groups in total. The van der Waals surface area contributed by atoms with E-state index in [2.05, 4.69) is 22.6 Å². The Hall–Kier alpha value is -0.930. The molecule has 0 aromatic heterocycles. The molecule has 0 aromatic carbocycles. The van der Waals surface area contributed by atoms with Gasteiger partial charge in [0.25, 0.3) is 0 Å². The Morgan fingerprint density at radius 3 is 2.64 bits per heavy atom. The number of halogens is 1. The summed E-state index contributed by atoms with van der Waals surface area (Å²) in [5.41, 5.74) is -0.483. The van der Waals surface area contributed by atoms with E-state index in [1.54, 1.807) is 19.1 Å². The number of cyclic esters (lactones) is 1. The van der Waals surface area contributed by atoms with Gasteiger partial charge in [-0.25, -0.2) is 0 Å². The molecule has 1 aliphatic heterocycles. The molecule has 1 aliphatic rings. The Kier molecular flexibility index (Phi) is 8.56. The molecule has 0 bridgehead atoms. The third-order valence-corrected chi connectivity index (χ3v) is 5.22. The lowest BCUT2D eigenvalue weighted by Crippen LogP contribution is -2.42. The maximum absolute atomic E-state index is 12.1. The van der Waals surface area contributed by atoms with Crippen LogP contribution in [-0.4, -0.2) is 46.1 Å². The molecule has 0 aromatic rings. The number of hydrogen-bond donors (Lipinski definition) is 2. The van der Waals surface area contributed by atoms with Gasteiger partial charge in [-0.2, -0.15) is 0 Å². The highest BCUT2D eigenvalue weighted by Crippen LogP contribution is 2.27. The number of aliphatic hydroxyl groups is 2. The average Bonchev–Trinajstić information content (AvgIpc) is 2.52. The lowest BCUT2D eigenvalue weighted by molar-refractivity contribution is -0.157. The van der Waals surface area contributed by atoms with Crippen LogP contribution in [0, 0.1) is 5.92 Å². The van der Waals surface area contributed by atoms with E-state index in [-0.39, 0.29) is 25.2 Å². The van der Waals surface area contributed by atoms with E-state index in [0.29, 0.717) is 0 Å². The topological polar surface area (TPSA) is 93.1 Å². The molecule has 25 heavy (non-hydrogen) atoms. The molecule has 0 radical (unpaired) electrons. The van der Waals surface area contributed by atoms with Crippen LogP contribution in [-0.2, 0) is 19.1 Å². The quantitative estimate of drug-likeness (QED) is 0.370. The number of carbonyl (C=O) groups is 2. The van der Waals surface area contributed by atoms with Crippen molar-refractivity contribution < 1.29 is 29.3 Å². The average molecular weight is 466 g/mol. The monoisotopic (exact) mass is 466 g/mol. The molecule has 1 heterocycles. The van der Waals surface area contributed by atoms with Gasteiger partial charge >= 0.3 is 11.9 Å². The molecule has 142 valence electrons. The normalized spacial score (nSPS) is 36.6. The predicted octanol–water partition coefficient (Wildman–Crippen LogP) is 2.66. The summed E-state index contributed by atoms with van der Waals surface area (Å²) in [6.07, 6.45) is 1.36. The van der Waals surface area contributed by atoms with Crippen LogP contribution in [0.5, 0.6) is 0 Å². The summed E-state index contributed by atoms with van der Waals surface area (Å²) in [6, 6.07) is 0. The van der Waals surface area contributed by atoms with Gasteiger partial charge in [0.15, 0.2) is 0 Å². The molecule has 6 nitrogen and oxygen atoms in total. The van der Waals surface area contributed by atoms with Gasteiger partial charge < -0.3 is 19.7 Å². The van der Waals surface area contributed by atoms with Crippen molar-refractivity contribution in [2.24, 2.45) is 5.92 Å². The van der Waals surface area contributed by atoms with Gasteiger partial charge in [0, 0.05) is 12.8 Å². The first kappa shape index (κ1) is 22.1. The van der Waals surface area contributed by atoms with Crippen LogP contribution in [0.3, 0.4) is 0 Å². The molecular weight excluding hydrogens is 439 g/mol. The number of ether oxygens (including phenoxy) is 2. The summed E-state index contributed by atoms with van der Waals surface area (Å²) in [6.45, 7) is 6.57. The van der Waals surface area contributed by atoms with Crippen molar-refractivity contribution in [1.29, 1.82) is 0 Å². The first-order valence-corrected chi connectivity index (χ1v) is 9.53. The molecule has 1 unspecified atom stereocenters. The largest absolute Gasteiger partial charge is 0.457 e. The molecule has 5 atom stereocenters. The van der Waals surface area contributed by atoms with E-state index < -0.39 is 35.9 Å². The van der Waals surface area contributed by atoms with Crippen LogP contribution in [0.1, 0.15) is 47.0 Å². The van der Waals surface area contributed by atoms with E-state index >= 15 is 0 Å². The Balaban J connectivity index is 3.20. The maximum Gasteiger partial charge on any atom is 0.309 e. The van der Waals surface area contributed by atoms with Gasteiger partial charge in [0.2, 0.25) is 0 Å². The second kappa shape index (κ2) is 9.68. The SMILES string of the molecule is CC(=O)OC1/C=C/[C@H](C)[C@@H](/C(C)=C/I)OC(=O)C[C@H](O)CC[C@@]1(C)O. The number of hydrogen-bond acceptors (Lipinski definition) is 6.